The minimum absolute atomic E-state index is 0.488. The normalized spacial score (nSPS) is 11.1. The number of likely N-dealkylation sites (N-methyl/N-ethyl adjacent to an activating group) is 1. The van der Waals surface area contributed by atoms with Gasteiger partial charge in [-0.3, -0.25) is 0 Å². The first-order valence-electron chi connectivity index (χ1n) is 5.95. The Hall–Kier alpha value is -1.00. The molecule has 1 aromatic rings. The lowest BCUT2D eigenvalue weighted by Gasteiger charge is -2.17. The Bertz CT molecular complexity index is 321. The molecule has 0 aliphatic carbocycles. The van der Waals surface area contributed by atoms with Gasteiger partial charge in [0, 0.05) is 25.2 Å². The molecule has 1 heterocycles. The highest BCUT2D eigenvalue weighted by molar-refractivity contribution is 5.09. The van der Waals surface area contributed by atoms with Gasteiger partial charge in [0.25, 0.3) is 0 Å². The van der Waals surface area contributed by atoms with E-state index in [0.29, 0.717) is 6.54 Å². The van der Waals surface area contributed by atoms with Crippen LogP contribution in [-0.2, 0) is 13.0 Å². The first-order valence-corrected chi connectivity index (χ1v) is 5.95. The van der Waals surface area contributed by atoms with Crippen LogP contribution >= 0.6 is 0 Å². The van der Waals surface area contributed by atoms with E-state index < -0.39 is 0 Å². The molecule has 0 atom stereocenters. The largest absolute Gasteiger partial charge is 0.325 e. The minimum atomic E-state index is 0.488. The summed E-state index contributed by atoms with van der Waals surface area (Å²) in [7, 11) is 0. The maximum Gasteiger partial charge on any atom is 0.130 e. The van der Waals surface area contributed by atoms with Gasteiger partial charge in [0.1, 0.15) is 5.82 Å². The zero-order valence-electron chi connectivity index (χ0n) is 10.5. The monoisotopic (exact) mass is 222 g/mol. The number of aryl methyl sites for hydroxylation is 1. The van der Waals surface area contributed by atoms with Crippen molar-refractivity contribution in [1.29, 1.82) is 0 Å². The van der Waals surface area contributed by atoms with E-state index in [-0.39, 0.29) is 0 Å². The van der Waals surface area contributed by atoms with Gasteiger partial charge < -0.3 is 10.6 Å². The van der Waals surface area contributed by atoms with Gasteiger partial charge >= 0.3 is 0 Å². The number of nitrogens with two attached hydrogens (primary N) is 1. The number of hydrogen-bond donors (Lipinski definition) is 1. The van der Waals surface area contributed by atoms with E-state index >= 15 is 0 Å². The molecule has 0 radical (unpaired) electrons. The number of aromatic nitrogens is 2. The molecule has 90 valence electrons. The molecule has 0 saturated heterocycles. The van der Waals surface area contributed by atoms with Crippen molar-refractivity contribution in [2.45, 2.75) is 33.7 Å². The molecule has 0 spiro atoms. The van der Waals surface area contributed by atoms with Crippen LogP contribution in [0.5, 0.6) is 0 Å². The van der Waals surface area contributed by atoms with Crippen molar-refractivity contribution in [2.75, 3.05) is 19.6 Å². The number of hydrogen-bond acceptors (Lipinski definition) is 4. The standard InChI is InChI=1S/C12H22N4/c1-4-16(5-2)7-6-12-14-10(3)8-11(9-13)15-12/h8H,4-7,9,13H2,1-3H3. The minimum Gasteiger partial charge on any atom is -0.325 e. The summed E-state index contributed by atoms with van der Waals surface area (Å²) in [5.74, 6) is 0.910. The first-order chi connectivity index (χ1) is 7.69. The van der Waals surface area contributed by atoms with Gasteiger partial charge in [-0.25, -0.2) is 9.97 Å². The Kier molecular flexibility index (Phi) is 5.35. The van der Waals surface area contributed by atoms with Crippen LogP contribution in [0.3, 0.4) is 0 Å². The van der Waals surface area contributed by atoms with Crippen LogP contribution in [0, 0.1) is 6.92 Å². The Morgan fingerprint density at radius 3 is 2.50 bits per heavy atom. The Labute approximate surface area is 97.9 Å². The van der Waals surface area contributed by atoms with Crippen LogP contribution in [-0.4, -0.2) is 34.5 Å². The second-order valence-corrected chi connectivity index (χ2v) is 3.90. The van der Waals surface area contributed by atoms with Crippen molar-refractivity contribution in [1.82, 2.24) is 14.9 Å². The Morgan fingerprint density at radius 2 is 1.94 bits per heavy atom. The van der Waals surface area contributed by atoms with Gasteiger partial charge in [0.15, 0.2) is 0 Å². The molecular formula is C12H22N4. The van der Waals surface area contributed by atoms with Crippen LogP contribution in [0.4, 0.5) is 0 Å². The number of nitrogens with zero attached hydrogens (tertiary/aromatic N) is 3. The predicted octanol–water partition coefficient (Wildman–Crippen LogP) is 1.13. The smallest absolute Gasteiger partial charge is 0.130 e. The molecule has 0 amide bonds. The summed E-state index contributed by atoms with van der Waals surface area (Å²) in [6, 6.07) is 1.95. The van der Waals surface area contributed by atoms with Crippen molar-refractivity contribution in [3.63, 3.8) is 0 Å². The summed E-state index contributed by atoms with van der Waals surface area (Å²) in [6.07, 6.45) is 0.899. The molecule has 0 bridgehead atoms. The van der Waals surface area contributed by atoms with Crippen LogP contribution in [0.15, 0.2) is 6.07 Å². The zero-order chi connectivity index (χ0) is 12.0. The van der Waals surface area contributed by atoms with Crippen LogP contribution in [0.1, 0.15) is 31.1 Å². The molecule has 0 aromatic carbocycles. The molecule has 1 rings (SSSR count). The summed E-state index contributed by atoms with van der Waals surface area (Å²) in [5, 5.41) is 0. The third-order valence-electron chi connectivity index (χ3n) is 2.71. The fourth-order valence-corrected chi connectivity index (χ4v) is 1.71. The van der Waals surface area contributed by atoms with Gasteiger partial charge in [-0.05, 0) is 26.1 Å². The summed E-state index contributed by atoms with van der Waals surface area (Å²) in [5.41, 5.74) is 7.53. The van der Waals surface area contributed by atoms with Crippen molar-refractivity contribution in [2.24, 2.45) is 5.73 Å². The van der Waals surface area contributed by atoms with Gasteiger partial charge in [0.05, 0.1) is 5.69 Å². The van der Waals surface area contributed by atoms with Gasteiger partial charge in [0.2, 0.25) is 0 Å². The average molecular weight is 222 g/mol. The van der Waals surface area contributed by atoms with E-state index in [1.54, 1.807) is 0 Å². The lowest BCUT2D eigenvalue weighted by Crippen LogP contribution is -2.26. The Balaban J connectivity index is 2.62. The lowest BCUT2D eigenvalue weighted by molar-refractivity contribution is 0.305. The highest BCUT2D eigenvalue weighted by Crippen LogP contribution is 2.02. The quantitative estimate of drug-likeness (QED) is 0.784. The van der Waals surface area contributed by atoms with Gasteiger partial charge in [-0.1, -0.05) is 13.8 Å². The lowest BCUT2D eigenvalue weighted by atomic mass is 10.3. The van der Waals surface area contributed by atoms with Crippen molar-refractivity contribution in [3.8, 4) is 0 Å². The summed E-state index contributed by atoms with van der Waals surface area (Å²) >= 11 is 0. The molecule has 0 fully saturated rings. The van der Waals surface area contributed by atoms with Gasteiger partial charge in [-0.15, -0.1) is 0 Å². The molecule has 4 nitrogen and oxygen atoms in total. The topological polar surface area (TPSA) is 55.0 Å². The molecule has 0 aliphatic heterocycles. The van der Waals surface area contributed by atoms with E-state index in [2.05, 4.69) is 28.7 Å². The van der Waals surface area contributed by atoms with E-state index in [1.807, 2.05) is 13.0 Å². The molecule has 2 N–H and O–H groups in total. The molecule has 0 aliphatic rings. The summed E-state index contributed by atoms with van der Waals surface area (Å²) in [4.78, 5) is 11.2. The highest BCUT2D eigenvalue weighted by Gasteiger charge is 2.04. The SMILES string of the molecule is CCN(CC)CCc1nc(C)cc(CN)n1. The molecular weight excluding hydrogens is 200 g/mol. The van der Waals surface area contributed by atoms with E-state index in [0.717, 1.165) is 43.3 Å². The van der Waals surface area contributed by atoms with Crippen molar-refractivity contribution >= 4 is 0 Å². The van der Waals surface area contributed by atoms with E-state index in [4.69, 9.17) is 5.73 Å². The van der Waals surface area contributed by atoms with Crippen molar-refractivity contribution in [3.05, 3.63) is 23.3 Å². The highest BCUT2D eigenvalue weighted by atomic mass is 15.1. The second kappa shape index (κ2) is 6.55. The summed E-state index contributed by atoms with van der Waals surface area (Å²) < 4.78 is 0. The van der Waals surface area contributed by atoms with Crippen LogP contribution < -0.4 is 5.73 Å². The third kappa shape index (κ3) is 3.87. The first kappa shape index (κ1) is 13.1. The van der Waals surface area contributed by atoms with Crippen LogP contribution in [0.25, 0.3) is 0 Å². The fraction of sp³-hybridized carbons (Fsp3) is 0.667. The van der Waals surface area contributed by atoms with Gasteiger partial charge in [-0.2, -0.15) is 0 Å². The van der Waals surface area contributed by atoms with E-state index in [9.17, 15) is 0 Å². The number of rotatable bonds is 6. The van der Waals surface area contributed by atoms with Crippen molar-refractivity contribution < 1.29 is 0 Å². The molecule has 0 saturated carbocycles. The zero-order valence-corrected chi connectivity index (χ0v) is 10.5. The molecule has 16 heavy (non-hydrogen) atoms. The average Bonchev–Trinajstić information content (AvgIpc) is 2.29. The summed E-state index contributed by atoms with van der Waals surface area (Å²) in [6.45, 7) is 9.99. The van der Waals surface area contributed by atoms with E-state index in [1.165, 1.54) is 0 Å². The van der Waals surface area contributed by atoms with Crippen LogP contribution in [0.2, 0.25) is 0 Å². The molecule has 0 unspecified atom stereocenters. The molecule has 1 aromatic heterocycles. The predicted molar refractivity (Wildman–Crippen MR) is 66.2 cm³/mol. The maximum absolute atomic E-state index is 5.60. The molecule has 4 heteroatoms. The third-order valence-corrected chi connectivity index (χ3v) is 2.71. The fourth-order valence-electron chi connectivity index (χ4n) is 1.71. The maximum atomic E-state index is 5.60. The Morgan fingerprint density at radius 1 is 1.25 bits per heavy atom. The second-order valence-electron chi connectivity index (χ2n) is 3.90.